The summed E-state index contributed by atoms with van der Waals surface area (Å²) in [6.07, 6.45) is 0.250. The molecule has 0 aliphatic carbocycles. The molecule has 0 unspecified atom stereocenters. The Bertz CT molecular complexity index is 222. The lowest BCUT2D eigenvalue weighted by Crippen LogP contribution is -2.15. The van der Waals surface area contributed by atoms with Gasteiger partial charge in [-0.3, -0.25) is 0 Å². The van der Waals surface area contributed by atoms with Crippen molar-refractivity contribution in [3.63, 3.8) is 0 Å². The number of hydrogen-bond donors (Lipinski definition) is 0. The molecule has 0 N–H and O–H groups in total. The molecule has 1 rings (SSSR count). The molecule has 0 saturated heterocycles. The van der Waals surface area contributed by atoms with Crippen LogP contribution in [0.3, 0.4) is 0 Å². The van der Waals surface area contributed by atoms with E-state index in [4.69, 9.17) is 4.74 Å². The summed E-state index contributed by atoms with van der Waals surface area (Å²) in [5.74, 6) is 0. The fraction of sp³-hybridized carbons (Fsp3) is 0.400. The van der Waals surface area contributed by atoms with Crippen LogP contribution in [0.1, 0.15) is 5.56 Å². The Morgan fingerprint density at radius 2 is 1.69 bits per heavy atom. The highest BCUT2D eigenvalue weighted by molar-refractivity contribution is 9.09. The SMILES string of the molecule is BrCC(CBr)OCc1ccccc1. The predicted octanol–water partition coefficient (Wildman–Crippen LogP) is 3.36. The Morgan fingerprint density at radius 1 is 1.08 bits per heavy atom. The second-order valence-electron chi connectivity index (χ2n) is 2.73. The monoisotopic (exact) mass is 306 g/mol. The maximum Gasteiger partial charge on any atom is 0.0773 e. The summed E-state index contributed by atoms with van der Waals surface area (Å²) in [4.78, 5) is 0. The summed E-state index contributed by atoms with van der Waals surface area (Å²) >= 11 is 6.79. The molecule has 0 amide bonds. The van der Waals surface area contributed by atoms with E-state index in [9.17, 15) is 0 Å². The maximum atomic E-state index is 5.63. The van der Waals surface area contributed by atoms with E-state index >= 15 is 0 Å². The summed E-state index contributed by atoms with van der Waals surface area (Å²) in [7, 11) is 0. The predicted molar refractivity (Wildman–Crippen MR) is 62.6 cm³/mol. The van der Waals surface area contributed by atoms with Gasteiger partial charge in [-0.1, -0.05) is 62.2 Å². The van der Waals surface area contributed by atoms with Gasteiger partial charge in [-0.2, -0.15) is 0 Å². The normalized spacial score (nSPS) is 10.7. The Balaban J connectivity index is 2.34. The summed E-state index contributed by atoms with van der Waals surface area (Å²) in [5.41, 5.74) is 1.22. The molecule has 0 aliphatic heterocycles. The van der Waals surface area contributed by atoms with Crippen LogP contribution in [0.5, 0.6) is 0 Å². The van der Waals surface area contributed by atoms with Crippen LogP contribution >= 0.6 is 31.9 Å². The van der Waals surface area contributed by atoms with E-state index in [1.165, 1.54) is 5.56 Å². The Hall–Kier alpha value is 0.140. The zero-order valence-corrected chi connectivity index (χ0v) is 10.4. The molecule has 0 bridgehead atoms. The zero-order valence-electron chi connectivity index (χ0n) is 7.25. The van der Waals surface area contributed by atoms with Crippen molar-refractivity contribution < 1.29 is 4.74 Å². The van der Waals surface area contributed by atoms with Crippen molar-refractivity contribution in [3.8, 4) is 0 Å². The number of alkyl halides is 2. The van der Waals surface area contributed by atoms with Crippen LogP contribution in [0.4, 0.5) is 0 Å². The molecular formula is C10H12Br2O. The van der Waals surface area contributed by atoms with Crippen LogP contribution < -0.4 is 0 Å². The molecule has 1 nitrogen and oxygen atoms in total. The van der Waals surface area contributed by atoms with Gasteiger partial charge in [0.25, 0.3) is 0 Å². The van der Waals surface area contributed by atoms with Crippen LogP contribution in [0.15, 0.2) is 30.3 Å². The van der Waals surface area contributed by atoms with Crippen molar-refractivity contribution in [2.75, 3.05) is 10.7 Å². The lowest BCUT2D eigenvalue weighted by molar-refractivity contribution is 0.0734. The van der Waals surface area contributed by atoms with Crippen molar-refractivity contribution in [2.45, 2.75) is 12.7 Å². The molecule has 3 heteroatoms. The molecule has 0 aliphatic rings. The first kappa shape index (κ1) is 11.2. The summed E-state index contributed by atoms with van der Waals surface area (Å²) in [6.45, 7) is 0.683. The molecule has 13 heavy (non-hydrogen) atoms. The molecule has 0 spiro atoms. The summed E-state index contributed by atoms with van der Waals surface area (Å²) < 4.78 is 5.63. The number of ether oxygens (including phenoxy) is 1. The zero-order chi connectivity index (χ0) is 9.52. The minimum atomic E-state index is 0.250. The number of rotatable bonds is 5. The highest BCUT2D eigenvalue weighted by Crippen LogP contribution is 2.07. The lowest BCUT2D eigenvalue weighted by Gasteiger charge is -2.11. The second kappa shape index (κ2) is 6.57. The molecule has 1 aromatic carbocycles. The van der Waals surface area contributed by atoms with Crippen molar-refractivity contribution in [1.82, 2.24) is 0 Å². The number of benzene rings is 1. The van der Waals surface area contributed by atoms with E-state index in [1.54, 1.807) is 0 Å². The fourth-order valence-corrected chi connectivity index (χ4v) is 2.36. The highest BCUT2D eigenvalue weighted by Gasteiger charge is 2.04. The van der Waals surface area contributed by atoms with Crippen molar-refractivity contribution in [3.05, 3.63) is 35.9 Å². The van der Waals surface area contributed by atoms with Crippen LogP contribution in [-0.2, 0) is 11.3 Å². The van der Waals surface area contributed by atoms with E-state index in [2.05, 4.69) is 44.0 Å². The van der Waals surface area contributed by atoms with Crippen LogP contribution in [0.25, 0.3) is 0 Å². The first-order valence-corrected chi connectivity index (χ1v) is 6.38. The molecule has 0 fully saturated rings. The quantitative estimate of drug-likeness (QED) is 0.758. The average Bonchev–Trinajstić information content (AvgIpc) is 2.21. The number of halogens is 2. The van der Waals surface area contributed by atoms with Crippen LogP contribution in [0.2, 0.25) is 0 Å². The van der Waals surface area contributed by atoms with Crippen molar-refractivity contribution in [2.24, 2.45) is 0 Å². The Labute approximate surface area is 95.7 Å². The van der Waals surface area contributed by atoms with Crippen molar-refractivity contribution in [1.29, 1.82) is 0 Å². The van der Waals surface area contributed by atoms with Gasteiger partial charge in [-0.15, -0.1) is 0 Å². The molecule has 0 heterocycles. The Morgan fingerprint density at radius 3 is 2.23 bits per heavy atom. The first-order chi connectivity index (χ1) is 6.36. The largest absolute Gasteiger partial charge is 0.372 e. The van der Waals surface area contributed by atoms with Crippen LogP contribution in [-0.4, -0.2) is 16.8 Å². The maximum absolute atomic E-state index is 5.63. The molecule has 0 radical (unpaired) electrons. The van der Waals surface area contributed by atoms with Gasteiger partial charge in [0, 0.05) is 10.7 Å². The first-order valence-electron chi connectivity index (χ1n) is 4.14. The van der Waals surface area contributed by atoms with Crippen molar-refractivity contribution >= 4 is 31.9 Å². The summed E-state index contributed by atoms with van der Waals surface area (Å²) in [6, 6.07) is 10.2. The summed E-state index contributed by atoms with van der Waals surface area (Å²) in [5, 5.41) is 1.73. The van der Waals surface area contributed by atoms with E-state index in [-0.39, 0.29) is 6.10 Å². The van der Waals surface area contributed by atoms with Crippen LogP contribution in [0, 0.1) is 0 Å². The molecule has 1 aromatic rings. The average molecular weight is 308 g/mol. The second-order valence-corrected chi connectivity index (χ2v) is 4.02. The van der Waals surface area contributed by atoms with Gasteiger partial charge in [0.2, 0.25) is 0 Å². The van der Waals surface area contributed by atoms with Gasteiger partial charge in [0.05, 0.1) is 12.7 Å². The molecule has 72 valence electrons. The van der Waals surface area contributed by atoms with Gasteiger partial charge >= 0.3 is 0 Å². The molecule has 0 saturated carbocycles. The van der Waals surface area contributed by atoms with Gasteiger partial charge in [0.1, 0.15) is 0 Å². The molecule has 0 atom stereocenters. The molecule has 0 aromatic heterocycles. The van der Waals surface area contributed by atoms with Gasteiger partial charge in [-0.25, -0.2) is 0 Å². The van der Waals surface area contributed by atoms with Gasteiger partial charge in [0.15, 0.2) is 0 Å². The smallest absolute Gasteiger partial charge is 0.0773 e. The Kier molecular flexibility index (Phi) is 5.67. The minimum Gasteiger partial charge on any atom is -0.372 e. The third-order valence-electron chi connectivity index (χ3n) is 1.67. The van der Waals surface area contributed by atoms with E-state index in [0.29, 0.717) is 6.61 Å². The fourth-order valence-electron chi connectivity index (χ4n) is 0.919. The van der Waals surface area contributed by atoms with E-state index in [1.807, 2.05) is 18.2 Å². The topological polar surface area (TPSA) is 9.23 Å². The van der Waals surface area contributed by atoms with Gasteiger partial charge in [-0.05, 0) is 5.56 Å². The highest BCUT2D eigenvalue weighted by atomic mass is 79.9. The lowest BCUT2D eigenvalue weighted by atomic mass is 10.2. The number of hydrogen-bond acceptors (Lipinski definition) is 1. The standard InChI is InChI=1S/C10H12Br2O/c11-6-10(7-12)13-8-9-4-2-1-3-5-9/h1-5,10H,6-8H2. The van der Waals surface area contributed by atoms with Gasteiger partial charge < -0.3 is 4.74 Å². The third-order valence-corrected chi connectivity index (χ3v) is 3.12. The van der Waals surface area contributed by atoms with E-state index in [0.717, 1.165) is 10.7 Å². The third kappa shape index (κ3) is 4.25. The van der Waals surface area contributed by atoms with E-state index < -0.39 is 0 Å². The molecular weight excluding hydrogens is 296 g/mol. The minimum absolute atomic E-state index is 0.250.